The van der Waals surface area contributed by atoms with Crippen LogP contribution < -0.4 is 5.32 Å². The molecule has 0 bridgehead atoms. The van der Waals surface area contributed by atoms with Gasteiger partial charge in [-0.05, 0) is 12.8 Å². The van der Waals surface area contributed by atoms with Crippen LogP contribution in [0.15, 0.2) is 0 Å². The highest BCUT2D eigenvalue weighted by Gasteiger charge is 2.20. The molecule has 5 heteroatoms. The number of ether oxygens (including phenoxy) is 1. The standard InChI is InChI=1S/C10H17N3O2/c1-2-5-13(6-4-11)10(14)12-9-3-7-15-8-9/h9H,2-3,5-8H2,1H3,(H,12,14). The van der Waals surface area contributed by atoms with Gasteiger partial charge in [-0.1, -0.05) is 6.92 Å². The quantitative estimate of drug-likeness (QED) is 0.697. The summed E-state index contributed by atoms with van der Waals surface area (Å²) in [6.45, 7) is 4.03. The van der Waals surface area contributed by atoms with Crippen LogP contribution in [0.4, 0.5) is 4.79 Å². The van der Waals surface area contributed by atoms with Crippen molar-refractivity contribution in [1.29, 1.82) is 5.26 Å². The Morgan fingerprint density at radius 2 is 2.53 bits per heavy atom. The van der Waals surface area contributed by atoms with Crippen molar-refractivity contribution in [3.63, 3.8) is 0 Å². The van der Waals surface area contributed by atoms with E-state index in [-0.39, 0.29) is 18.6 Å². The molecule has 1 unspecified atom stereocenters. The summed E-state index contributed by atoms with van der Waals surface area (Å²) >= 11 is 0. The average Bonchev–Trinajstić information content (AvgIpc) is 2.70. The summed E-state index contributed by atoms with van der Waals surface area (Å²) in [5, 5.41) is 11.4. The van der Waals surface area contributed by atoms with Crippen LogP contribution in [-0.2, 0) is 4.74 Å². The molecule has 1 aliphatic rings. The highest BCUT2D eigenvalue weighted by molar-refractivity contribution is 5.74. The van der Waals surface area contributed by atoms with Gasteiger partial charge in [0, 0.05) is 13.2 Å². The van der Waals surface area contributed by atoms with Crippen molar-refractivity contribution in [2.75, 3.05) is 26.3 Å². The Balaban J connectivity index is 2.37. The van der Waals surface area contributed by atoms with Gasteiger partial charge >= 0.3 is 6.03 Å². The number of amides is 2. The first-order valence-electron chi connectivity index (χ1n) is 5.28. The van der Waals surface area contributed by atoms with Crippen LogP contribution in [0, 0.1) is 11.3 Å². The van der Waals surface area contributed by atoms with E-state index in [0.29, 0.717) is 19.8 Å². The molecule has 0 saturated carbocycles. The zero-order chi connectivity index (χ0) is 11.1. The molecule has 1 rings (SSSR count). The molecule has 0 radical (unpaired) electrons. The number of urea groups is 1. The van der Waals surface area contributed by atoms with Crippen molar-refractivity contribution in [3.8, 4) is 6.07 Å². The zero-order valence-electron chi connectivity index (χ0n) is 9.03. The first-order valence-corrected chi connectivity index (χ1v) is 5.28. The van der Waals surface area contributed by atoms with Crippen molar-refractivity contribution < 1.29 is 9.53 Å². The second-order valence-corrected chi connectivity index (χ2v) is 3.59. The summed E-state index contributed by atoms with van der Waals surface area (Å²) in [5.41, 5.74) is 0. The van der Waals surface area contributed by atoms with E-state index in [1.165, 1.54) is 4.90 Å². The minimum Gasteiger partial charge on any atom is -0.379 e. The van der Waals surface area contributed by atoms with E-state index in [2.05, 4.69) is 5.32 Å². The Kier molecular flexibility index (Phi) is 4.91. The Hall–Kier alpha value is -1.28. The van der Waals surface area contributed by atoms with Crippen LogP contribution in [0.3, 0.4) is 0 Å². The Morgan fingerprint density at radius 3 is 3.07 bits per heavy atom. The largest absolute Gasteiger partial charge is 0.379 e. The maximum absolute atomic E-state index is 11.7. The fourth-order valence-electron chi connectivity index (χ4n) is 1.52. The molecule has 5 nitrogen and oxygen atoms in total. The normalized spacial score (nSPS) is 19.6. The van der Waals surface area contributed by atoms with Crippen LogP contribution in [0.1, 0.15) is 19.8 Å². The topological polar surface area (TPSA) is 65.4 Å². The number of nitrogens with zero attached hydrogens (tertiary/aromatic N) is 2. The van der Waals surface area contributed by atoms with Crippen molar-refractivity contribution in [1.82, 2.24) is 10.2 Å². The Labute approximate surface area is 90.0 Å². The molecule has 0 aliphatic carbocycles. The highest BCUT2D eigenvalue weighted by Crippen LogP contribution is 2.04. The van der Waals surface area contributed by atoms with Gasteiger partial charge in [0.25, 0.3) is 0 Å². The van der Waals surface area contributed by atoms with E-state index in [1.807, 2.05) is 13.0 Å². The fourth-order valence-corrected chi connectivity index (χ4v) is 1.52. The van der Waals surface area contributed by atoms with Gasteiger partial charge in [-0.15, -0.1) is 0 Å². The second kappa shape index (κ2) is 6.25. The maximum Gasteiger partial charge on any atom is 0.318 e. The van der Waals surface area contributed by atoms with Gasteiger partial charge in [-0.3, -0.25) is 0 Å². The van der Waals surface area contributed by atoms with Crippen molar-refractivity contribution in [2.45, 2.75) is 25.8 Å². The molecular weight excluding hydrogens is 194 g/mol. The van der Waals surface area contributed by atoms with Gasteiger partial charge in [-0.25, -0.2) is 4.79 Å². The van der Waals surface area contributed by atoms with E-state index >= 15 is 0 Å². The average molecular weight is 211 g/mol. The predicted octanol–water partition coefficient (Wildman–Crippen LogP) is 0.720. The lowest BCUT2D eigenvalue weighted by Gasteiger charge is -2.21. The molecule has 0 aromatic rings. The summed E-state index contributed by atoms with van der Waals surface area (Å²) in [4.78, 5) is 13.2. The number of carbonyl (C=O) groups is 1. The van der Waals surface area contributed by atoms with Gasteiger partial charge in [0.1, 0.15) is 6.54 Å². The molecule has 1 fully saturated rings. The van der Waals surface area contributed by atoms with Crippen molar-refractivity contribution >= 4 is 6.03 Å². The number of hydrogen-bond acceptors (Lipinski definition) is 3. The number of hydrogen-bond donors (Lipinski definition) is 1. The fraction of sp³-hybridized carbons (Fsp3) is 0.800. The van der Waals surface area contributed by atoms with E-state index in [9.17, 15) is 4.79 Å². The number of carbonyl (C=O) groups excluding carboxylic acids is 1. The van der Waals surface area contributed by atoms with Crippen molar-refractivity contribution in [3.05, 3.63) is 0 Å². The first kappa shape index (κ1) is 11.8. The molecule has 1 N–H and O–H groups in total. The molecule has 1 saturated heterocycles. The summed E-state index contributed by atoms with van der Waals surface area (Å²) in [7, 11) is 0. The molecule has 15 heavy (non-hydrogen) atoms. The predicted molar refractivity (Wildman–Crippen MR) is 55.2 cm³/mol. The molecule has 0 aromatic heterocycles. The van der Waals surface area contributed by atoms with E-state index in [0.717, 1.165) is 12.8 Å². The third-order valence-electron chi connectivity index (χ3n) is 2.30. The zero-order valence-corrected chi connectivity index (χ0v) is 9.03. The lowest BCUT2D eigenvalue weighted by atomic mass is 10.3. The summed E-state index contributed by atoms with van der Waals surface area (Å²) in [5.74, 6) is 0. The molecular formula is C10H17N3O2. The van der Waals surface area contributed by atoms with Crippen LogP contribution >= 0.6 is 0 Å². The Morgan fingerprint density at radius 1 is 1.73 bits per heavy atom. The van der Waals surface area contributed by atoms with Crippen LogP contribution in [-0.4, -0.2) is 43.3 Å². The molecule has 2 amide bonds. The van der Waals surface area contributed by atoms with Crippen LogP contribution in [0.5, 0.6) is 0 Å². The van der Waals surface area contributed by atoms with Gasteiger partial charge in [-0.2, -0.15) is 5.26 Å². The molecule has 1 aliphatic heterocycles. The minimum absolute atomic E-state index is 0.107. The summed E-state index contributed by atoms with van der Waals surface area (Å²) in [6, 6.07) is 1.94. The van der Waals surface area contributed by atoms with Gasteiger partial charge < -0.3 is 15.0 Å². The SMILES string of the molecule is CCCN(CC#N)C(=O)NC1CCOC1. The summed E-state index contributed by atoms with van der Waals surface area (Å²) in [6.07, 6.45) is 1.72. The third-order valence-corrected chi connectivity index (χ3v) is 2.30. The molecule has 0 spiro atoms. The van der Waals surface area contributed by atoms with Crippen molar-refractivity contribution in [2.24, 2.45) is 0 Å². The third kappa shape index (κ3) is 3.76. The molecule has 0 aromatic carbocycles. The smallest absolute Gasteiger partial charge is 0.318 e. The molecule has 84 valence electrons. The number of nitrogens with one attached hydrogen (secondary N) is 1. The first-order chi connectivity index (χ1) is 7.27. The molecule has 1 atom stereocenters. The van der Waals surface area contributed by atoms with Crippen LogP contribution in [0.25, 0.3) is 0 Å². The highest BCUT2D eigenvalue weighted by atomic mass is 16.5. The lowest BCUT2D eigenvalue weighted by Crippen LogP contribution is -2.45. The number of rotatable bonds is 4. The van der Waals surface area contributed by atoms with Crippen LogP contribution in [0.2, 0.25) is 0 Å². The Bertz CT molecular complexity index is 244. The monoisotopic (exact) mass is 211 g/mol. The number of nitriles is 1. The van der Waals surface area contributed by atoms with Gasteiger partial charge in [0.05, 0.1) is 18.7 Å². The maximum atomic E-state index is 11.7. The van der Waals surface area contributed by atoms with Gasteiger partial charge in [0.2, 0.25) is 0 Å². The van der Waals surface area contributed by atoms with E-state index < -0.39 is 0 Å². The lowest BCUT2D eigenvalue weighted by molar-refractivity contribution is 0.180. The van der Waals surface area contributed by atoms with E-state index in [1.54, 1.807) is 0 Å². The minimum atomic E-state index is -0.158. The van der Waals surface area contributed by atoms with Gasteiger partial charge in [0.15, 0.2) is 0 Å². The second-order valence-electron chi connectivity index (χ2n) is 3.59. The molecule has 1 heterocycles. The van der Waals surface area contributed by atoms with E-state index in [4.69, 9.17) is 10.00 Å². The summed E-state index contributed by atoms with van der Waals surface area (Å²) < 4.78 is 5.16.